The zero-order valence-corrected chi connectivity index (χ0v) is 20.8. The molecule has 0 amide bonds. The molecule has 0 spiro atoms. The first-order valence-electron chi connectivity index (χ1n) is 10.8. The maximum absolute atomic E-state index is 13.2. The number of anilines is 1. The topological polar surface area (TPSA) is 154 Å². The molecular formula is C21H25N5O7S2. The summed E-state index contributed by atoms with van der Waals surface area (Å²) in [6.07, 6.45) is 4.61. The summed E-state index contributed by atoms with van der Waals surface area (Å²) in [7, 11) is -7.49. The van der Waals surface area contributed by atoms with E-state index in [2.05, 4.69) is 10.4 Å². The van der Waals surface area contributed by atoms with Crippen LogP contribution in [0.4, 0.5) is 11.4 Å². The molecule has 1 aromatic carbocycles. The molecule has 12 nitrogen and oxygen atoms in total. The van der Waals surface area contributed by atoms with Gasteiger partial charge in [-0.25, -0.2) is 22.4 Å². The molecule has 0 saturated carbocycles. The minimum absolute atomic E-state index is 0.0379. The van der Waals surface area contributed by atoms with Crippen LogP contribution in [-0.2, 0) is 24.3 Å². The van der Waals surface area contributed by atoms with Crippen LogP contribution in [0.5, 0.6) is 0 Å². The molecule has 3 aromatic rings. The van der Waals surface area contributed by atoms with E-state index >= 15 is 0 Å². The van der Waals surface area contributed by atoms with Gasteiger partial charge in [0.05, 0.1) is 28.1 Å². The van der Waals surface area contributed by atoms with E-state index in [0.29, 0.717) is 25.9 Å². The van der Waals surface area contributed by atoms with Crippen molar-refractivity contribution in [2.24, 2.45) is 5.92 Å². The molecule has 1 N–H and O–H groups in total. The summed E-state index contributed by atoms with van der Waals surface area (Å²) in [5.74, 6) is 0.0379. The molecule has 14 heteroatoms. The Hall–Kier alpha value is -3.07. The van der Waals surface area contributed by atoms with Crippen LogP contribution in [0.15, 0.2) is 47.6 Å². The number of hydrazine groups is 1. The lowest BCUT2D eigenvalue weighted by Crippen LogP contribution is -2.39. The number of pyridine rings is 1. The SMILES string of the molecule is Cc1ccc(S(=O)(=O)n2ccc3c(NN4CCC(COS(C)(=O)=O)CC4)c([N+](=O)[O-])cnc32)cc1. The average Bonchev–Trinajstić information content (AvgIpc) is 3.24. The van der Waals surface area contributed by atoms with E-state index < -0.39 is 25.1 Å². The molecule has 1 fully saturated rings. The van der Waals surface area contributed by atoms with E-state index in [1.54, 1.807) is 17.1 Å². The van der Waals surface area contributed by atoms with E-state index in [1.807, 2.05) is 6.92 Å². The number of rotatable bonds is 8. The van der Waals surface area contributed by atoms with Crippen LogP contribution >= 0.6 is 0 Å². The molecule has 35 heavy (non-hydrogen) atoms. The molecule has 0 radical (unpaired) electrons. The van der Waals surface area contributed by atoms with Gasteiger partial charge in [0.15, 0.2) is 5.65 Å². The number of aromatic nitrogens is 2. The van der Waals surface area contributed by atoms with Crippen LogP contribution in [-0.4, -0.2) is 61.7 Å². The maximum atomic E-state index is 13.2. The van der Waals surface area contributed by atoms with E-state index in [1.165, 1.54) is 24.4 Å². The van der Waals surface area contributed by atoms with Crippen LogP contribution in [0.25, 0.3) is 11.0 Å². The summed E-state index contributed by atoms with van der Waals surface area (Å²) in [6, 6.07) is 7.86. The first-order valence-corrected chi connectivity index (χ1v) is 14.0. The predicted molar refractivity (Wildman–Crippen MR) is 129 cm³/mol. The second-order valence-electron chi connectivity index (χ2n) is 8.47. The predicted octanol–water partition coefficient (Wildman–Crippen LogP) is 2.51. The van der Waals surface area contributed by atoms with Gasteiger partial charge in [-0.2, -0.15) is 8.42 Å². The third-order valence-corrected chi connectivity index (χ3v) is 8.08. The largest absolute Gasteiger partial charge is 0.312 e. The molecule has 4 rings (SSSR count). The summed E-state index contributed by atoms with van der Waals surface area (Å²) >= 11 is 0. The summed E-state index contributed by atoms with van der Waals surface area (Å²) in [5, 5.41) is 13.8. The van der Waals surface area contributed by atoms with Crippen molar-refractivity contribution >= 4 is 42.5 Å². The van der Waals surface area contributed by atoms with E-state index in [0.717, 1.165) is 22.0 Å². The van der Waals surface area contributed by atoms with Gasteiger partial charge in [-0.05, 0) is 43.9 Å². The number of piperidine rings is 1. The summed E-state index contributed by atoms with van der Waals surface area (Å²) in [6.45, 7) is 2.91. The lowest BCUT2D eigenvalue weighted by atomic mass is 9.99. The summed E-state index contributed by atoms with van der Waals surface area (Å²) in [5.41, 5.74) is 3.89. The first kappa shape index (κ1) is 25.0. The van der Waals surface area contributed by atoms with Crippen molar-refractivity contribution in [2.75, 3.05) is 31.4 Å². The smallest absolute Gasteiger partial charge is 0.312 e. The van der Waals surface area contributed by atoms with Crippen LogP contribution in [0.1, 0.15) is 18.4 Å². The fourth-order valence-corrected chi connectivity index (χ4v) is 5.66. The molecule has 1 saturated heterocycles. The molecule has 1 aliphatic rings. The van der Waals surface area contributed by atoms with Gasteiger partial charge >= 0.3 is 5.69 Å². The monoisotopic (exact) mass is 523 g/mol. The van der Waals surface area contributed by atoms with Crippen molar-refractivity contribution in [2.45, 2.75) is 24.7 Å². The van der Waals surface area contributed by atoms with Crippen molar-refractivity contribution < 1.29 is 25.9 Å². The highest BCUT2D eigenvalue weighted by Gasteiger charge is 2.28. The van der Waals surface area contributed by atoms with Crippen LogP contribution in [0.3, 0.4) is 0 Å². The number of hydrogen-bond donors (Lipinski definition) is 1. The number of nitro groups is 1. The number of benzene rings is 1. The van der Waals surface area contributed by atoms with Gasteiger partial charge in [-0.15, -0.1) is 0 Å². The number of nitrogens with zero attached hydrogens (tertiary/aromatic N) is 4. The quantitative estimate of drug-likeness (QED) is 0.265. The highest BCUT2D eigenvalue weighted by Crippen LogP contribution is 2.34. The maximum Gasteiger partial charge on any atom is 0.312 e. The molecule has 188 valence electrons. The van der Waals surface area contributed by atoms with Gasteiger partial charge in [-0.3, -0.25) is 14.3 Å². The highest BCUT2D eigenvalue weighted by atomic mass is 32.2. The molecule has 2 aromatic heterocycles. The standard InChI is InChI=1S/C21H25N5O7S2/c1-15-3-5-17(6-4-15)35(31,32)25-12-9-18-20(19(26(27)28)13-22-21(18)25)23-24-10-7-16(8-11-24)14-33-34(2,29)30/h3-6,9,12-13,16H,7-8,10-11,14H2,1-2H3,(H,22,23). The Kier molecular flexibility index (Phi) is 6.81. The second kappa shape index (κ2) is 9.53. The van der Waals surface area contributed by atoms with Gasteiger partial charge in [0.1, 0.15) is 11.9 Å². The van der Waals surface area contributed by atoms with Crippen molar-refractivity contribution in [1.82, 2.24) is 14.0 Å². The Morgan fingerprint density at radius 1 is 1.14 bits per heavy atom. The van der Waals surface area contributed by atoms with Crippen LogP contribution in [0, 0.1) is 23.0 Å². The van der Waals surface area contributed by atoms with E-state index in [-0.39, 0.29) is 39.8 Å². The zero-order chi connectivity index (χ0) is 25.4. The fraction of sp³-hybridized carbons (Fsp3) is 0.381. The normalized spacial score (nSPS) is 15.9. The minimum Gasteiger partial charge on any atom is -0.312 e. The lowest BCUT2D eigenvalue weighted by Gasteiger charge is -2.32. The Morgan fingerprint density at radius 2 is 1.80 bits per heavy atom. The van der Waals surface area contributed by atoms with Crippen molar-refractivity contribution in [3.8, 4) is 0 Å². The molecule has 0 aliphatic carbocycles. The van der Waals surface area contributed by atoms with Gasteiger partial charge in [0.25, 0.3) is 20.1 Å². The Morgan fingerprint density at radius 3 is 2.40 bits per heavy atom. The molecule has 3 heterocycles. The van der Waals surface area contributed by atoms with Crippen molar-refractivity contribution in [3.63, 3.8) is 0 Å². The molecule has 0 unspecified atom stereocenters. The number of hydrogen-bond acceptors (Lipinski definition) is 10. The van der Waals surface area contributed by atoms with Crippen LogP contribution in [0.2, 0.25) is 0 Å². The highest BCUT2D eigenvalue weighted by molar-refractivity contribution is 7.90. The first-order chi connectivity index (χ1) is 16.5. The Labute approximate surface area is 202 Å². The summed E-state index contributed by atoms with van der Waals surface area (Å²) < 4.78 is 54.8. The van der Waals surface area contributed by atoms with E-state index in [4.69, 9.17) is 4.18 Å². The van der Waals surface area contributed by atoms with Crippen LogP contribution < -0.4 is 5.43 Å². The van der Waals surface area contributed by atoms with Gasteiger partial charge in [0, 0.05) is 19.3 Å². The molecule has 0 atom stereocenters. The van der Waals surface area contributed by atoms with Crippen molar-refractivity contribution in [3.05, 3.63) is 58.4 Å². The third kappa shape index (κ3) is 5.45. The average molecular weight is 524 g/mol. The number of nitrogens with one attached hydrogen (secondary N) is 1. The number of aryl methyl sites for hydroxylation is 1. The Bertz CT molecular complexity index is 1460. The fourth-order valence-electron chi connectivity index (χ4n) is 3.92. The molecule has 0 bridgehead atoms. The molecule has 1 aliphatic heterocycles. The number of fused-ring (bicyclic) bond motifs is 1. The third-order valence-electron chi connectivity index (χ3n) is 5.84. The van der Waals surface area contributed by atoms with E-state index in [9.17, 15) is 26.9 Å². The Balaban J connectivity index is 1.62. The van der Waals surface area contributed by atoms with Gasteiger partial charge in [0.2, 0.25) is 0 Å². The minimum atomic E-state index is -3.97. The van der Waals surface area contributed by atoms with Gasteiger partial charge < -0.3 is 5.43 Å². The second-order valence-corrected chi connectivity index (χ2v) is 11.9. The van der Waals surface area contributed by atoms with Gasteiger partial charge in [-0.1, -0.05) is 17.7 Å². The van der Waals surface area contributed by atoms with Crippen molar-refractivity contribution in [1.29, 1.82) is 0 Å². The zero-order valence-electron chi connectivity index (χ0n) is 19.1. The lowest BCUT2D eigenvalue weighted by molar-refractivity contribution is -0.384. The summed E-state index contributed by atoms with van der Waals surface area (Å²) in [4.78, 5) is 15.3. The molecular weight excluding hydrogens is 498 g/mol.